The summed E-state index contributed by atoms with van der Waals surface area (Å²) in [5.74, 6) is 1.70. The van der Waals surface area contributed by atoms with E-state index in [1.54, 1.807) is 17.3 Å². The summed E-state index contributed by atoms with van der Waals surface area (Å²) >= 11 is 3.27. The SMILES string of the molecule is CN(C)c1n[nH]c(-c2ncc(Br)cn2)n1. The molecule has 0 atom stereocenters. The van der Waals surface area contributed by atoms with Crippen LogP contribution in [0.2, 0.25) is 0 Å². The molecule has 2 aromatic rings. The molecule has 0 unspecified atom stereocenters. The lowest BCUT2D eigenvalue weighted by atomic mass is 10.5. The molecule has 0 spiro atoms. The number of nitrogens with one attached hydrogen (secondary N) is 1. The van der Waals surface area contributed by atoms with Crippen LogP contribution in [-0.4, -0.2) is 39.2 Å². The van der Waals surface area contributed by atoms with Crippen molar-refractivity contribution in [3.8, 4) is 11.6 Å². The van der Waals surface area contributed by atoms with Gasteiger partial charge in [-0.3, -0.25) is 5.10 Å². The Morgan fingerprint density at radius 3 is 2.47 bits per heavy atom. The minimum atomic E-state index is 0.527. The van der Waals surface area contributed by atoms with Crippen molar-refractivity contribution in [2.45, 2.75) is 0 Å². The van der Waals surface area contributed by atoms with Crippen LogP contribution >= 0.6 is 15.9 Å². The highest BCUT2D eigenvalue weighted by Gasteiger charge is 2.08. The van der Waals surface area contributed by atoms with E-state index in [0.717, 1.165) is 4.47 Å². The van der Waals surface area contributed by atoms with Gasteiger partial charge in [0.1, 0.15) is 0 Å². The van der Waals surface area contributed by atoms with Gasteiger partial charge in [-0.05, 0) is 15.9 Å². The summed E-state index contributed by atoms with van der Waals surface area (Å²) in [6.45, 7) is 0. The van der Waals surface area contributed by atoms with Gasteiger partial charge in [0.25, 0.3) is 0 Å². The number of anilines is 1. The summed E-state index contributed by atoms with van der Waals surface area (Å²) in [5, 5.41) is 6.79. The van der Waals surface area contributed by atoms with Gasteiger partial charge >= 0.3 is 0 Å². The Morgan fingerprint density at radius 1 is 1.27 bits per heavy atom. The fourth-order valence-electron chi connectivity index (χ4n) is 0.988. The van der Waals surface area contributed by atoms with Crippen molar-refractivity contribution >= 4 is 21.9 Å². The Hall–Kier alpha value is -1.50. The summed E-state index contributed by atoms with van der Waals surface area (Å²) in [5.41, 5.74) is 0. The normalized spacial score (nSPS) is 10.3. The largest absolute Gasteiger partial charge is 0.346 e. The smallest absolute Gasteiger partial charge is 0.244 e. The molecule has 0 aliphatic heterocycles. The quantitative estimate of drug-likeness (QED) is 0.883. The molecule has 0 saturated carbocycles. The van der Waals surface area contributed by atoms with Gasteiger partial charge in [0.15, 0.2) is 11.6 Å². The summed E-state index contributed by atoms with van der Waals surface area (Å²) in [7, 11) is 3.74. The monoisotopic (exact) mass is 268 g/mol. The summed E-state index contributed by atoms with van der Waals surface area (Å²) in [6, 6.07) is 0. The standard InChI is InChI=1S/C8H9BrN6/c1-15(2)8-12-7(13-14-8)6-10-3-5(9)4-11-6/h3-4H,1-2H3,(H,12,13,14). The van der Waals surface area contributed by atoms with Crippen molar-refractivity contribution in [2.75, 3.05) is 19.0 Å². The second-order valence-corrected chi connectivity index (χ2v) is 4.02. The molecule has 7 heteroatoms. The molecule has 0 saturated heterocycles. The number of hydrogen-bond acceptors (Lipinski definition) is 5. The number of halogens is 1. The van der Waals surface area contributed by atoms with Crippen molar-refractivity contribution in [1.29, 1.82) is 0 Å². The second kappa shape index (κ2) is 3.93. The van der Waals surface area contributed by atoms with Gasteiger partial charge in [-0.1, -0.05) is 0 Å². The zero-order chi connectivity index (χ0) is 10.8. The molecule has 78 valence electrons. The number of hydrogen-bond donors (Lipinski definition) is 1. The fraction of sp³-hybridized carbons (Fsp3) is 0.250. The highest BCUT2D eigenvalue weighted by Crippen LogP contribution is 2.13. The highest BCUT2D eigenvalue weighted by molar-refractivity contribution is 9.10. The number of H-pyrrole nitrogens is 1. The Morgan fingerprint density at radius 2 is 1.93 bits per heavy atom. The first kappa shape index (κ1) is 10.0. The third-order valence-electron chi connectivity index (χ3n) is 1.71. The van der Waals surface area contributed by atoms with Crippen molar-refractivity contribution in [2.24, 2.45) is 0 Å². The van der Waals surface area contributed by atoms with Crippen molar-refractivity contribution < 1.29 is 0 Å². The van der Waals surface area contributed by atoms with Crippen LogP contribution in [0.1, 0.15) is 0 Å². The molecule has 0 radical (unpaired) electrons. The maximum absolute atomic E-state index is 4.23. The zero-order valence-corrected chi connectivity index (χ0v) is 9.85. The van der Waals surface area contributed by atoms with Crippen LogP contribution in [0.25, 0.3) is 11.6 Å². The maximum atomic E-state index is 4.23. The van der Waals surface area contributed by atoms with Crippen LogP contribution in [0.5, 0.6) is 0 Å². The van der Waals surface area contributed by atoms with Crippen LogP contribution in [0.15, 0.2) is 16.9 Å². The summed E-state index contributed by atoms with van der Waals surface area (Å²) in [4.78, 5) is 14.3. The first-order valence-electron chi connectivity index (χ1n) is 4.24. The van der Waals surface area contributed by atoms with Crippen LogP contribution in [-0.2, 0) is 0 Å². The average molecular weight is 269 g/mol. The molecule has 6 nitrogen and oxygen atoms in total. The molecule has 0 amide bonds. The predicted octanol–water partition coefficient (Wildman–Crippen LogP) is 1.09. The molecule has 15 heavy (non-hydrogen) atoms. The Balaban J connectivity index is 2.33. The second-order valence-electron chi connectivity index (χ2n) is 3.10. The average Bonchev–Trinajstić information content (AvgIpc) is 2.68. The van der Waals surface area contributed by atoms with E-state index in [-0.39, 0.29) is 0 Å². The fourth-order valence-corrected chi connectivity index (χ4v) is 1.19. The van der Waals surface area contributed by atoms with E-state index in [0.29, 0.717) is 17.6 Å². The number of aromatic nitrogens is 5. The van der Waals surface area contributed by atoms with E-state index in [4.69, 9.17) is 0 Å². The molecular weight excluding hydrogens is 260 g/mol. The molecule has 2 aromatic heterocycles. The Labute approximate surface area is 94.9 Å². The van der Waals surface area contributed by atoms with E-state index < -0.39 is 0 Å². The van der Waals surface area contributed by atoms with Crippen LogP contribution < -0.4 is 4.90 Å². The summed E-state index contributed by atoms with van der Waals surface area (Å²) in [6.07, 6.45) is 3.33. The van der Waals surface area contributed by atoms with Gasteiger partial charge in [0.2, 0.25) is 5.95 Å². The van der Waals surface area contributed by atoms with Gasteiger partial charge < -0.3 is 4.90 Å². The van der Waals surface area contributed by atoms with Gasteiger partial charge in [-0.25, -0.2) is 9.97 Å². The number of rotatable bonds is 2. The molecule has 1 N–H and O–H groups in total. The first-order chi connectivity index (χ1) is 7.16. The van der Waals surface area contributed by atoms with Gasteiger partial charge in [0, 0.05) is 26.5 Å². The Bertz CT molecular complexity index is 448. The molecular formula is C8H9BrN6. The number of nitrogens with zero attached hydrogens (tertiary/aromatic N) is 5. The van der Waals surface area contributed by atoms with Gasteiger partial charge in [0.05, 0.1) is 4.47 Å². The third-order valence-corrected chi connectivity index (χ3v) is 2.12. The molecule has 0 aliphatic carbocycles. The molecule has 0 aromatic carbocycles. The van der Waals surface area contributed by atoms with E-state index >= 15 is 0 Å². The van der Waals surface area contributed by atoms with Gasteiger partial charge in [-0.15, -0.1) is 5.10 Å². The first-order valence-corrected chi connectivity index (χ1v) is 5.04. The number of aromatic amines is 1. The van der Waals surface area contributed by atoms with E-state index in [9.17, 15) is 0 Å². The van der Waals surface area contributed by atoms with Crippen LogP contribution in [0.3, 0.4) is 0 Å². The molecule has 0 aliphatic rings. The lowest BCUT2D eigenvalue weighted by molar-refractivity contribution is 0.997. The minimum Gasteiger partial charge on any atom is -0.346 e. The van der Waals surface area contributed by atoms with E-state index in [1.807, 2.05) is 14.1 Å². The minimum absolute atomic E-state index is 0.527. The zero-order valence-electron chi connectivity index (χ0n) is 8.27. The van der Waals surface area contributed by atoms with E-state index in [1.165, 1.54) is 0 Å². The molecule has 2 rings (SSSR count). The maximum Gasteiger partial charge on any atom is 0.244 e. The lowest BCUT2D eigenvalue weighted by Gasteiger charge is -2.03. The van der Waals surface area contributed by atoms with Gasteiger partial charge in [-0.2, -0.15) is 4.98 Å². The van der Waals surface area contributed by atoms with Crippen molar-refractivity contribution in [3.63, 3.8) is 0 Å². The highest BCUT2D eigenvalue weighted by atomic mass is 79.9. The molecule has 0 bridgehead atoms. The Kier molecular flexibility index (Phi) is 2.63. The predicted molar refractivity (Wildman–Crippen MR) is 59.4 cm³/mol. The van der Waals surface area contributed by atoms with E-state index in [2.05, 4.69) is 41.1 Å². The van der Waals surface area contributed by atoms with Crippen LogP contribution in [0.4, 0.5) is 5.95 Å². The van der Waals surface area contributed by atoms with Crippen LogP contribution in [0, 0.1) is 0 Å². The molecule has 0 fully saturated rings. The lowest BCUT2D eigenvalue weighted by Crippen LogP contribution is -2.10. The van der Waals surface area contributed by atoms with Crippen molar-refractivity contribution in [3.05, 3.63) is 16.9 Å². The molecule has 2 heterocycles. The summed E-state index contributed by atoms with van der Waals surface area (Å²) < 4.78 is 0.832. The van der Waals surface area contributed by atoms with Crippen molar-refractivity contribution in [1.82, 2.24) is 25.1 Å². The topological polar surface area (TPSA) is 70.6 Å². The third kappa shape index (κ3) is 2.12.